The summed E-state index contributed by atoms with van der Waals surface area (Å²) in [4.78, 5) is 27.7. The minimum Gasteiger partial charge on any atom is -0.460 e. The van der Waals surface area contributed by atoms with Gasteiger partial charge in [0.2, 0.25) is 0 Å². The number of rotatable bonds is 6. The SMILES string of the molecule is CC(C)(C)OC(=O)CC1C2OC(C)(C)OC2C(COCc2ccccc2)N1C(=O)OC(C)(C)C. The van der Waals surface area contributed by atoms with Crippen LogP contribution in [0.1, 0.15) is 67.4 Å². The third-order valence-corrected chi connectivity index (χ3v) is 5.44. The van der Waals surface area contributed by atoms with Crippen LogP contribution in [-0.2, 0) is 35.1 Å². The van der Waals surface area contributed by atoms with Gasteiger partial charge in [-0.3, -0.25) is 9.69 Å². The van der Waals surface area contributed by atoms with Crippen molar-refractivity contribution in [1.82, 2.24) is 4.90 Å². The number of benzene rings is 1. The molecule has 0 spiro atoms. The lowest BCUT2D eigenvalue weighted by Crippen LogP contribution is -2.50. The van der Waals surface area contributed by atoms with E-state index in [0.717, 1.165) is 5.56 Å². The van der Waals surface area contributed by atoms with E-state index in [-0.39, 0.29) is 13.0 Å². The highest BCUT2D eigenvalue weighted by molar-refractivity contribution is 5.74. The number of hydrogen-bond donors (Lipinski definition) is 0. The Morgan fingerprint density at radius 2 is 1.47 bits per heavy atom. The molecule has 190 valence electrons. The molecule has 8 heteroatoms. The van der Waals surface area contributed by atoms with E-state index in [0.29, 0.717) is 6.61 Å². The quantitative estimate of drug-likeness (QED) is 0.560. The van der Waals surface area contributed by atoms with Gasteiger partial charge in [-0.05, 0) is 61.0 Å². The van der Waals surface area contributed by atoms with Gasteiger partial charge in [-0.15, -0.1) is 0 Å². The number of esters is 1. The van der Waals surface area contributed by atoms with Crippen molar-refractivity contribution in [2.75, 3.05) is 6.61 Å². The Morgan fingerprint density at radius 3 is 2.03 bits per heavy atom. The number of hydrogen-bond acceptors (Lipinski definition) is 7. The topological polar surface area (TPSA) is 83.5 Å². The summed E-state index contributed by atoms with van der Waals surface area (Å²) in [6.07, 6.45) is -1.55. The Hall–Kier alpha value is -2.16. The van der Waals surface area contributed by atoms with Gasteiger partial charge in [-0.25, -0.2) is 4.79 Å². The standard InChI is InChI=1S/C26H39NO7/c1-24(2,3)31-20(28)14-18-21-22(33-26(7,8)32-21)19(27(18)23(29)34-25(4,5)6)16-30-15-17-12-10-9-11-13-17/h9-13,18-19,21-22H,14-16H2,1-8H3. The lowest BCUT2D eigenvalue weighted by Gasteiger charge is -2.35. The fraction of sp³-hybridized carbons (Fsp3) is 0.692. The van der Waals surface area contributed by atoms with Crippen LogP contribution in [0.15, 0.2) is 30.3 Å². The first-order valence-electron chi connectivity index (χ1n) is 11.9. The summed E-state index contributed by atoms with van der Waals surface area (Å²) < 4.78 is 29.7. The van der Waals surface area contributed by atoms with Crippen LogP contribution in [-0.4, -0.2) is 64.9 Å². The number of nitrogens with zero attached hydrogens (tertiary/aromatic N) is 1. The number of carbonyl (C=O) groups is 2. The number of carbonyl (C=O) groups excluding carboxylic acids is 2. The van der Waals surface area contributed by atoms with E-state index in [1.807, 2.05) is 85.7 Å². The van der Waals surface area contributed by atoms with Gasteiger partial charge in [-0.1, -0.05) is 30.3 Å². The number of ether oxygens (including phenoxy) is 5. The first-order valence-corrected chi connectivity index (χ1v) is 11.9. The molecule has 2 saturated heterocycles. The lowest BCUT2D eigenvalue weighted by molar-refractivity contribution is -0.174. The molecule has 0 N–H and O–H groups in total. The van der Waals surface area contributed by atoms with Crippen LogP contribution in [0.4, 0.5) is 4.79 Å². The minimum atomic E-state index is -0.848. The van der Waals surface area contributed by atoms with Crippen molar-refractivity contribution in [3.05, 3.63) is 35.9 Å². The highest BCUT2D eigenvalue weighted by atomic mass is 16.8. The summed E-state index contributed by atoms with van der Waals surface area (Å²) in [5.41, 5.74) is -0.326. The van der Waals surface area contributed by atoms with Crippen LogP contribution in [0, 0.1) is 0 Å². The maximum absolute atomic E-state index is 13.4. The van der Waals surface area contributed by atoms with E-state index >= 15 is 0 Å². The summed E-state index contributed by atoms with van der Waals surface area (Å²) in [5, 5.41) is 0. The summed E-state index contributed by atoms with van der Waals surface area (Å²) in [5.74, 6) is -1.26. The Labute approximate surface area is 202 Å². The van der Waals surface area contributed by atoms with Gasteiger partial charge in [0.15, 0.2) is 5.79 Å². The average Bonchev–Trinajstić information content (AvgIpc) is 3.11. The highest BCUT2D eigenvalue weighted by Gasteiger charge is 2.60. The van der Waals surface area contributed by atoms with E-state index in [1.165, 1.54) is 0 Å². The van der Waals surface area contributed by atoms with Crippen molar-refractivity contribution in [3.63, 3.8) is 0 Å². The maximum atomic E-state index is 13.4. The number of amides is 1. The molecule has 2 aliphatic heterocycles. The van der Waals surface area contributed by atoms with E-state index < -0.39 is 53.3 Å². The molecule has 4 atom stereocenters. The van der Waals surface area contributed by atoms with Crippen molar-refractivity contribution < 1.29 is 33.3 Å². The third-order valence-electron chi connectivity index (χ3n) is 5.44. The van der Waals surface area contributed by atoms with Gasteiger partial charge in [0.05, 0.1) is 31.7 Å². The van der Waals surface area contributed by atoms with Crippen LogP contribution < -0.4 is 0 Å². The van der Waals surface area contributed by atoms with Crippen molar-refractivity contribution >= 4 is 12.1 Å². The first-order chi connectivity index (χ1) is 15.7. The van der Waals surface area contributed by atoms with E-state index in [9.17, 15) is 9.59 Å². The van der Waals surface area contributed by atoms with E-state index in [1.54, 1.807) is 4.90 Å². The van der Waals surface area contributed by atoms with Gasteiger partial charge in [-0.2, -0.15) is 0 Å². The molecule has 3 rings (SSSR count). The molecule has 1 aromatic carbocycles. The molecular weight excluding hydrogens is 438 g/mol. The molecule has 0 aliphatic carbocycles. The van der Waals surface area contributed by atoms with E-state index in [2.05, 4.69) is 0 Å². The largest absolute Gasteiger partial charge is 0.460 e. The molecule has 0 bridgehead atoms. The molecule has 1 amide bonds. The van der Waals surface area contributed by atoms with Gasteiger partial charge < -0.3 is 23.7 Å². The van der Waals surface area contributed by atoms with Gasteiger partial charge >= 0.3 is 12.1 Å². The molecule has 1 aromatic rings. The maximum Gasteiger partial charge on any atom is 0.411 e. The lowest BCUT2D eigenvalue weighted by atomic mass is 10.1. The van der Waals surface area contributed by atoms with E-state index in [4.69, 9.17) is 23.7 Å². The normalized spacial score (nSPS) is 26.3. The molecule has 8 nitrogen and oxygen atoms in total. The zero-order chi connectivity index (χ0) is 25.3. The predicted octanol–water partition coefficient (Wildman–Crippen LogP) is 4.44. The average molecular weight is 478 g/mol. The fourth-order valence-electron chi connectivity index (χ4n) is 4.38. The monoisotopic (exact) mass is 477 g/mol. The van der Waals surface area contributed by atoms with Gasteiger partial charge in [0, 0.05) is 0 Å². The van der Waals surface area contributed by atoms with Crippen molar-refractivity contribution in [1.29, 1.82) is 0 Å². The third kappa shape index (κ3) is 6.93. The first kappa shape index (κ1) is 26.4. The molecule has 34 heavy (non-hydrogen) atoms. The molecule has 4 unspecified atom stereocenters. The van der Waals surface area contributed by atoms with Crippen LogP contribution >= 0.6 is 0 Å². The molecular formula is C26H39NO7. The number of fused-ring (bicyclic) bond motifs is 1. The Kier molecular flexibility index (Phi) is 7.65. The van der Waals surface area contributed by atoms with Crippen molar-refractivity contribution in [3.8, 4) is 0 Å². The molecule has 2 heterocycles. The Bertz CT molecular complexity index is 856. The van der Waals surface area contributed by atoms with Crippen molar-refractivity contribution in [2.45, 2.75) is 110 Å². The number of likely N-dealkylation sites (tertiary alicyclic amines) is 1. The second kappa shape index (κ2) is 9.84. The summed E-state index contributed by atoms with van der Waals surface area (Å²) in [6.45, 7) is 15.1. The van der Waals surface area contributed by atoms with Crippen LogP contribution in [0.2, 0.25) is 0 Å². The van der Waals surface area contributed by atoms with Gasteiger partial charge in [0.25, 0.3) is 0 Å². The fourth-order valence-corrected chi connectivity index (χ4v) is 4.38. The minimum absolute atomic E-state index is 0.0354. The molecule has 0 radical (unpaired) electrons. The Morgan fingerprint density at radius 1 is 0.912 bits per heavy atom. The second-order valence-corrected chi connectivity index (χ2v) is 11.4. The van der Waals surface area contributed by atoms with Crippen LogP contribution in [0.5, 0.6) is 0 Å². The highest BCUT2D eigenvalue weighted by Crippen LogP contribution is 2.42. The summed E-state index contributed by atoms with van der Waals surface area (Å²) in [6, 6.07) is 8.70. The summed E-state index contributed by atoms with van der Waals surface area (Å²) >= 11 is 0. The molecule has 0 saturated carbocycles. The zero-order valence-corrected chi connectivity index (χ0v) is 21.6. The molecule has 2 fully saturated rings. The predicted molar refractivity (Wildman–Crippen MR) is 126 cm³/mol. The zero-order valence-electron chi connectivity index (χ0n) is 21.6. The smallest absolute Gasteiger partial charge is 0.411 e. The van der Waals surface area contributed by atoms with Gasteiger partial charge in [0.1, 0.15) is 23.4 Å². The summed E-state index contributed by atoms with van der Waals surface area (Å²) in [7, 11) is 0. The van der Waals surface area contributed by atoms with Crippen LogP contribution in [0.3, 0.4) is 0 Å². The van der Waals surface area contributed by atoms with Crippen molar-refractivity contribution in [2.24, 2.45) is 0 Å². The molecule has 0 aromatic heterocycles. The second-order valence-electron chi connectivity index (χ2n) is 11.4. The Balaban J connectivity index is 1.86. The van der Waals surface area contributed by atoms with Crippen LogP contribution in [0.25, 0.3) is 0 Å². The molecule has 2 aliphatic rings.